The third-order valence-corrected chi connectivity index (χ3v) is 11.9. The molecular weight excluding hydrogens is 572 g/mol. The molecule has 1 saturated carbocycles. The highest BCUT2D eigenvalue weighted by molar-refractivity contribution is 7.99. The second-order valence-corrected chi connectivity index (χ2v) is 15.9. The Labute approximate surface area is 254 Å². The molecule has 7 atom stereocenters. The fourth-order valence-corrected chi connectivity index (χ4v) is 9.14. The van der Waals surface area contributed by atoms with E-state index in [4.69, 9.17) is 25.8 Å². The number of rotatable bonds is 0. The minimum Gasteiger partial charge on any atom is -0.490 e. The molecule has 2 aromatic carbocycles. The highest BCUT2D eigenvalue weighted by atomic mass is 35.5. The molecule has 226 valence electrons. The Morgan fingerprint density at radius 3 is 2.88 bits per heavy atom. The van der Waals surface area contributed by atoms with Gasteiger partial charge in [0, 0.05) is 45.2 Å². The van der Waals surface area contributed by atoms with Gasteiger partial charge in [-0.3, -0.25) is 9.52 Å². The van der Waals surface area contributed by atoms with E-state index in [-0.39, 0.29) is 35.4 Å². The van der Waals surface area contributed by atoms with Gasteiger partial charge in [-0.1, -0.05) is 17.7 Å². The molecule has 2 aliphatic carbocycles. The molecule has 7 nitrogen and oxygen atoms in total. The van der Waals surface area contributed by atoms with Gasteiger partial charge in [0.25, 0.3) is 5.91 Å². The first-order valence-electron chi connectivity index (χ1n) is 15.4. The summed E-state index contributed by atoms with van der Waals surface area (Å²) in [5.74, 6) is 5.36. The summed E-state index contributed by atoms with van der Waals surface area (Å²) in [5.41, 5.74) is 3.82. The molecule has 0 aromatic heterocycles. The molecule has 7 rings (SSSR count). The van der Waals surface area contributed by atoms with Crippen LogP contribution < -0.4 is 14.4 Å². The number of amides is 1. The predicted molar refractivity (Wildman–Crippen MR) is 167 cm³/mol. The smallest absolute Gasteiger partial charge is 0.262 e. The largest absolute Gasteiger partial charge is 0.490 e. The monoisotopic (exact) mass is 612 g/mol. The van der Waals surface area contributed by atoms with Crippen LogP contribution in [-0.2, 0) is 31.0 Å². The molecule has 42 heavy (non-hydrogen) atoms. The lowest BCUT2D eigenvalue weighted by Crippen LogP contribution is -2.51. The van der Waals surface area contributed by atoms with Crippen LogP contribution in [0.15, 0.2) is 36.4 Å². The van der Waals surface area contributed by atoms with Crippen molar-refractivity contribution in [1.29, 1.82) is 0 Å². The normalized spacial score (nSPS) is 36.5. The minimum absolute atomic E-state index is 0.0542. The first kappa shape index (κ1) is 28.5. The van der Waals surface area contributed by atoms with Crippen molar-refractivity contribution in [2.45, 2.75) is 75.6 Å². The quantitative estimate of drug-likeness (QED) is 0.414. The second kappa shape index (κ2) is 11.0. The van der Waals surface area contributed by atoms with Crippen LogP contribution in [0.4, 0.5) is 5.69 Å². The molecule has 1 unspecified atom stereocenters. The molecule has 2 fully saturated rings. The van der Waals surface area contributed by atoms with E-state index in [9.17, 15) is 9.00 Å². The van der Waals surface area contributed by atoms with Gasteiger partial charge >= 0.3 is 0 Å². The van der Waals surface area contributed by atoms with Crippen molar-refractivity contribution in [3.63, 3.8) is 0 Å². The third kappa shape index (κ3) is 5.44. The molecule has 5 aliphatic rings. The molecular formula is C33H41ClN2O5S. The van der Waals surface area contributed by atoms with Crippen LogP contribution >= 0.6 is 11.6 Å². The summed E-state index contributed by atoms with van der Waals surface area (Å²) in [5, 5.41) is 0.771. The Hall–Kier alpha value is -2.26. The van der Waals surface area contributed by atoms with Crippen molar-refractivity contribution in [3.05, 3.63) is 58.1 Å². The van der Waals surface area contributed by atoms with E-state index in [0.29, 0.717) is 30.6 Å². The van der Waals surface area contributed by atoms with Crippen LogP contribution in [0.1, 0.15) is 66.9 Å². The summed E-state index contributed by atoms with van der Waals surface area (Å²) >= 11 is 6.43. The van der Waals surface area contributed by atoms with E-state index >= 15 is 0 Å². The molecule has 0 radical (unpaired) electrons. The average Bonchev–Trinajstić information content (AvgIpc) is 3.07. The molecule has 1 saturated heterocycles. The van der Waals surface area contributed by atoms with Gasteiger partial charge in [0.05, 0.1) is 43.0 Å². The third-order valence-electron chi connectivity index (χ3n) is 10.3. The van der Waals surface area contributed by atoms with Gasteiger partial charge in [0.1, 0.15) is 5.75 Å². The van der Waals surface area contributed by atoms with Gasteiger partial charge in [-0.15, -0.1) is 0 Å². The van der Waals surface area contributed by atoms with Gasteiger partial charge in [-0.25, -0.2) is 4.21 Å². The zero-order valence-electron chi connectivity index (χ0n) is 24.3. The van der Waals surface area contributed by atoms with Crippen LogP contribution in [0.2, 0.25) is 5.02 Å². The maximum Gasteiger partial charge on any atom is 0.262 e. The summed E-state index contributed by atoms with van der Waals surface area (Å²) in [6, 6.07) is 11.9. The molecule has 3 aliphatic heterocycles. The number of benzene rings is 2. The van der Waals surface area contributed by atoms with Crippen molar-refractivity contribution in [2.75, 3.05) is 37.0 Å². The first-order chi connectivity index (χ1) is 20.2. The Kier molecular flexibility index (Phi) is 7.48. The number of hydrogen-bond donors (Lipinski definition) is 1. The topological polar surface area (TPSA) is 77.1 Å². The lowest BCUT2D eigenvalue weighted by atomic mass is 9.67. The SMILES string of the molecule is C=S1(=O)CCO[C@@H]2C[C@@H](C)O[C@H](C2)[C@@H]2CC[C@H]2CN2C[C@@]3(CCCc4cc(Cl)ccc43)COc3ccc(cc32)C(=O)N1. The van der Waals surface area contributed by atoms with Crippen LogP contribution in [-0.4, -0.2) is 66.4 Å². The molecule has 1 N–H and O–H groups in total. The molecule has 2 aromatic rings. The number of fused-ring (bicyclic) bond motifs is 7. The predicted octanol–water partition coefficient (Wildman–Crippen LogP) is 5.17. The number of aryl methyl sites for hydroxylation is 1. The zero-order valence-corrected chi connectivity index (χ0v) is 25.9. The van der Waals surface area contributed by atoms with Gasteiger partial charge in [-0.05, 0) is 105 Å². The van der Waals surface area contributed by atoms with Gasteiger partial charge in [0.15, 0.2) is 0 Å². The van der Waals surface area contributed by atoms with Crippen molar-refractivity contribution < 1.29 is 23.2 Å². The number of nitrogens with one attached hydrogen (secondary N) is 1. The van der Waals surface area contributed by atoms with E-state index in [1.54, 1.807) is 6.07 Å². The van der Waals surface area contributed by atoms with Crippen molar-refractivity contribution in [1.82, 2.24) is 4.72 Å². The maximum atomic E-state index is 13.4. The number of halogens is 1. The summed E-state index contributed by atoms with van der Waals surface area (Å²) in [6.45, 7) is 4.64. The van der Waals surface area contributed by atoms with Crippen LogP contribution in [0.25, 0.3) is 0 Å². The lowest BCUT2D eigenvalue weighted by Gasteiger charge is -2.48. The number of ether oxygens (including phenoxy) is 3. The van der Waals surface area contributed by atoms with Crippen molar-refractivity contribution in [3.8, 4) is 5.75 Å². The standard InChI is InChI=1S/C33H41ClN2O5S/c1-21-14-26-17-31(41-21)27-8-5-24(27)18-36-19-33(11-3-4-22-15-25(34)7-9-28(22)33)20-40-30-10-6-23(16-29(30)36)32(37)35-42(2,38)13-12-39-26/h6-7,9-10,15-16,21,24,26-27,31H,2-5,8,11-14,17-20H2,1H3,(H,35,37,38)/t21-,24+,26-,27-,31-,33+,42?/m1/s1. The second-order valence-electron chi connectivity index (χ2n) is 13.2. The Morgan fingerprint density at radius 1 is 1.17 bits per heavy atom. The van der Waals surface area contributed by atoms with Crippen LogP contribution in [0, 0.1) is 11.8 Å². The van der Waals surface area contributed by atoms with Crippen LogP contribution in [0.5, 0.6) is 5.75 Å². The highest BCUT2D eigenvalue weighted by Crippen LogP contribution is 2.48. The van der Waals surface area contributed by atoms with Crippen molar-refractivity contribution in [2.24, 2.45) is 11.8 Å². The van der Waals surface area contributed by atoms with Gasteiger partial charge < -0.3 is 19.1 Å². The highest BCUT2D eigenvalue weighted by Gasteiger charge is 2.46. The Bertz CT molecular complexity index is 1480. The van der Waals surface area contributed by atoms with E-state index in [1.165, 1.54) is 11.1 Å². The number of hydrogen-bond acceptors (Lipinski definition) is 6. The number of carbonyl (C=O) groups excluding carboxylic acids is 1. The van der Waals surface area contributed by atoms with Crippen molar-refractivity contribution >= 4 is 38.8 Å². The van der Waals surface area contributed by atoms with E-state index in [1.807, 2.05) is 18.2 Å². The Morgan fingerprint density at radius 2 is 2.05 bits per heavy atom. The zero-order chi connectivity index (χ0) is 29.1. The summed E-state index contributed by atoms with van der Waals surface area (Å²) < 4.78 is 35.3. The molecule has 3 heterocycles. The van der Waals surface area contributed by atoms with Gasteiger partial charge in [-0.2, -0.15) is 0 Å². The molecule has 4 bridgehead atoms. The fourth-order valence-electron chi connectivity index (χ4n) is 8.02. The van der Waals surface area contributed by atoms with E-state index in [2.05, 4.69) is 34.5 Å². The van der Waals surface area contributed by atoms with E-state index < -0.39 is 9.71 Å². The summed E-state index contributed by atoms with van der Waals surface area (Å²) in [4.78, 5) is 15.8. The lowest BCUT2D eigenvalue weighted by molar-refractivity contribution is -0.146. The maximum absolute atomic E-state index is 13.4. The molecule has 9 heteroatoms. The Balaban J connectivity index is 1.29. The average molecular weight is 613 g/mol. The minimum atomic E-state index is -2.87. The fraction of sp³-hybridized carbons (Fsp3) is 0.576. The molecule has 1 spiro atoms. The van der Waals surface area contributed by atoms with Gasteiger partial charge in [0.2, 0.25) is 0 Å². The first-order valence-corrected chi connectivity index (χ1v) is 17.7. The van der Waals surface area contributed by atoms with Crippen LogP contribution in [0.3, 0.4) is 0 Å². The number of carbonyl (C=O) groups is 1. The molecule has 1 amide bonds. The summed E-state index contributed by atoms with van der Waals surface area (Å²) in [7, 11) is -2.87. The van der Waals surface area contributed by atoms with E-state index in [0.717, 1.165) is 74.5 Å². The summed E-state index contributed by atoms with van der Waals surface area (Å²) in [6.07, 6.45) is 7.40. The number of nitrogens with zero attached hydrogens (tertiary/aromatic N) is 1. The number of anilines is 1.